The molecule has 554 valence electrons. The van der Waals surface area contributed by atoms with Crippen molar-refractivity contribution in [1.82, 2.24) is 0 Å². The maximum absolute atomic E-state index is 13.1. The summed E-state index contributed by atoms with van der Waals surface area (Å²) in [6.45, 7) is 7.14. The van der Waals surface area contributed by atoms with Gasteiger partial charge >= 0.3 is 39.5 Å². The Labute approximate surface area is 573 Å². The maximum atomic E-state index is 13.1. The van der Waals surface area contributed by atoms with Gasteiger partial charge in [0.2, 0.25) is 0 Å². The Bertz CT molecular complexity index is 1900. The normalized spacial score (nSPS) is 14.1. The molecule has 0 amide bonds. The summed E-state index contributed by atoms with van der Waals surface area (Å²) in [4.78, 5) is 72.6. The van der Waals surface area contributed by atoms with E-state index in [0.29, 0.717) is 25.7 Å². The minimum atomic E-state index is -4.96. The SMILES string of the molecule is CCCCCC/C=C\C=C/CCCCCCCC(=O)OC[C@H](COP(=O)(O)OC[C@@H](O)COP(=O)(O)OC[C@@H](COC(=O)CCCCCCCCCC)OC(=O)CCCCCCCCCCC(C)C)OC(=O)CCCCCCCCCCCCCCCCCCCCCC. The summed E-state index contributed by atoms with van der Waals surface area (Å²) in [5.74, 6) is -1.43. The molecule has 5 atom stereocenters. The van der Waals surface area contributed by atoms with Crippen LogP contribution in [0.25, 0.3) is 0 Å². The summed E-state index contributed by atoms with van der Waals surface area (Å²) < 4.78 is 68.3. The first-order valence-corrected chi connectivity index (χ1v) is 41.4. The predicted octanol–water partition coefficient (Wildman–Crippen LogP) is 21.6. The van der Waals surface area contributed by atoms with Crippen molar-refractivity contribution in [2.45, 2.75) is 387 Å². The zero-order valence-electron chi connectivity index (χ0n) is 60.6. The number of phosphoric acid groups is 2. The fourth-order valence-corrected chi connectivity index (χ4v) is 12.6. The molecule has 94 heavy (non-hydrogen) atoms. The van der Waals surface area contributed by atoms with Crippen molar-refractivity contribution in [2.24, 2.45) is 5.92 Å². The summed E-state index contributed by atoms with van der Waals surface area (Å²) in [5.41, 5.74) is 0. The highest BCUT2D eigenvalue weighted by Gasteiger charge is 2.30. The third-order valence-corrected chi connectivity index (χ3v) is 18.8. The van der Waals surface area contributed by atoms with Crippen molar-refractivity contribution in [2.75, 3.05) is 39.6 Å². The molecule has 0 spiro atoms. The Balaban J connectivity index is 5.22. The van der Waals surface area contributed by atoms with Gasteiger partial charge in [-0.15, -0.1) is 0 Å². The molecule has 0 heterocycles. The average molecular weight is 1380 g/mol. The summed E-state index contributed by atoms with van der Waals surface area (Å²) in [6, 6.07) is 0. The highest BCUT2D eigenvalue weighted by Crippen LogP contribution is 2.45. The molecule has 0 fully saturated rings. The van der Waals surface area contributed by atoms with Gasteiger partial charge in [0.1, 0.15) is 19.3 Å². The third-order valence-electron chi connectivity index (χ3n) is 16.9. The van der Waals surface area contributed by atoms with Crippen molar-refractivity contribution in [3.63, 3.8) is 0 Å². The second-order valence-corrected chi connectivity index (χ2v) is 29.7. The molecule has 0 saturated carbocycles. The van der Waals surface area contributed by atoms with Crippen molar-refractivity contribution >= 4 is 39.5 Å². The van der Waals surface area contributed by atoms with Crippen LogP contribution in [0, 0.1) is 5.92 Å². The van der Waals surface area contributed by atoms with Crippen LogP contribution >= 0.6 is 15.6 Å². The number of aliphatic hydroxyl groups is 1. The molecule has 17 nitrogen and oxygen atoms in total. The zero-order valence-corrected chi connectivity index (χ0v) is 62.4. The molecular weight excluding hydrogens is 1230 g/mol. The molecule has 0 saturated heterocycles. The molecular formula is C75H142O17P2. The molecule has 0 aliphatic heterocycles. The van der Waals surface area contributed by atoms with Gasteiger partial charge in [0.25, 0.3) is 0 Å². The lowest BCUT2D eigenvalue weighted by Crippen LogP contribution is -2.30. The molecule has 0 rings (SSSR count). The van der Waals surface area contributed by atoms with E-state index in [1.54, 1.807) is 0 Å². The van der Waals surface area contributed by atoms with Crippen LogP contribution in [0.5, 0.6) is 0 Å². The van der Waals surface area contributed by atoms with Gasteiger partial charge in [0.15, 0.2) is 12.2 Å². The van der Waals surface area contributed by atoms with Gasteiger partial charge in [-0.2, -0.15) is 0 Å². The number of phosphoric ester groups is 2. The second-order valence-electron chi connectivity index (χ2n) is 26.8. The van der Waals surface area contributed by atoms with Crippen molar-refractivity contribution in [3.05, 3.63) is 24.3 Å². The number of unbranched alkanes of at least 4 members (excludes halogenated alkanes) is 42. The van der Waals surface area contributed by atoms with Gasteiger partial charge < -0.3 is 33.8 Å². The van der Waals surface area contributed by atoms with Crippen LogP contribution in [0.3, 0.4) is 0 Å². The van der Waals surface area contributed by atoms with Crippen LogP contribution in [-0.2, 0) is 65.4 Å². The Morgan fingerprint density at radius 2 is 0.574 bits per heavy atom. The van der Waals surface area contributed by atoms with E-state index in [2.05, 4.69) is 58.9 Å². The zero-order chi connectivity index (χ0) is 69.1. The monoisotopic (exact) mass is 1380 g/mol. The quantitative estimate of drug-likeness (QED) is 0.0169. The lowest BCUT2D eigenvalue weighted by molar-refractivity contribution is -0.161. The van der Waals surface area contributed by atoms with Crippen LogP contribution in [0.4, 0.5) is 0 Å². The van der Waals surface area contributed by atoms with Crippen LogP contribution in [0.1, 0.15) is 369 Å². The first-order valence-electron chi connectivity index (χ1n) is 38.5. The summed E-state index contributed by atoms with van der Waals surface area (Å²) in [6.07, 6.45) is 59.3. The van der Waals surface area contributed by atoms with Crippen LogP contribution < -0.4 is 0 Å². The van der Waals surface area contributed by atoms with E-state index in [-0.39, 0.29) is 25.7 Å². The lowest BCUT2D eigenvalue weighted by Gasteiger charge is -2.21. The van der Waals surface area contributed by atoms with E-state index in [4.69, 9.17) is 37.0 Å². The van der Waals surface area contributed by atoms with Gasteiger partial charge in [-0.05, 0) is 57.3 Å². The predicted molar refractivity (Wildman–Crippen MR) is 381 cm³/mol. The number of carbonyl (C=O) groups is 4. The topological polar surface area (TPSA) is 237 Å². The molecule has 19 heteroatoms. The number of ether oxygens (including phenoxy) is 4. The highest BCUT2D eigenvalue weighted by molar-refractivity contribution is 7.47. The second kappa shape index (κ2) is 67.7. The van der Waals surface area contributed by atoms with Crippen molar-refractivity contribution in [1.29, 1.82) is 0 Å². The third kappa shape index (κ3) is 68.1. The van der Waals surface area contributed by atoms with Crippen molar-refractivity contribution in [3.8, 4) is 0 Å². The highest BCUT2D eigenvalue weighted by atomic mass is 31.2. The maximum Gasteiger partial charge on any atom is 0.472 e. The minimum Gasteiger partial charge on any atom is -0.462 e. The Kier molecular flexibility index (Phi) is 65.9. The van der Waals surface area contributed by atoms with Gasteiger partial charge in [0, 0.05) is 25.7 Å². The first-order chi connectivity index (χ1) is 45.5. The molecule has 0 aromatic heterocycles. The van der Waals surface area contributed by atoms with E-state index in [1.165, 1.54) is 167 Å². The number of rotatable bonds is 73. The average Bonchev–Trinajstić information content (AvgIpc) is 1.82. The molecule has 0 aromatic rings. The fraction of sp³-hybridized carbons (Fsp3) is 0.893. The number of carbonyl (C=O) groups excluding carboxylic acids is 4. The standard InChI is InChI=1S/C75H142O17P2/c1-6-9-12-15-18-21-23-25-27-28-29-30-31-33-35-37-39-45-50-55-60-74(79)91-71(65-86-73(78)59-54-49-44-38-36-34-32-26-24-22-19-16-13-10-7-2)67-90-94(83,84)88-63-69(76)62-87-93(81,82)89-66-70(64-85-72(77)58-53-48-43-20-17-14-11-8-3)92-75(80)61-56-51-46-41-40-42-47-52-57-68(4)5/h22,24,26,32,68-71,76H,6-21,23,25,27-31,33-67H2,1-5H3,(H,81,82)(H,83,84)/b24-22-,32-26-/t69-,70+,71+/m0/s1. The molecule has 0 radical (unpaired) electrons. The lowest BCUT2D eigenvalue weighted by atomic mass is 10.0. The minimum absolute atomic E-state index is 0.102. The van der Waals surface area contributed by atoms with Gasteiger partial charge in [-0.1, -0.05) is 316 Å². The molecule has 2 unspecified atom stereocenters. The Hall–Kier alpha value is -2.46. The molecule has 0 bridgehead atoms. The van der Waals surface area contributed by atoms with E-state index in [0.717, 1.165) is 121 Å². The van der Waals surface area contributed by atoms with E-state index < -0.39 is 97.5 Å². The molecule has 3 N–H and O–H groups in total. The summed E-state index contributed by atoms with van der Waals surface area (Å²) in [5, 5.41) is 10.6. The summed E-state index contributed by atoms with van der Waals surface area (Å²) >= 11 is 0. The summed E-state index contributed by atoms with van der Waals surface area (Å²) in [7, 11) is -9.91. The van der Waals surface area contributed by atoms with E-state index in [1.807, 2.05) is 0 Å². The number of aliphatic hydroxyl groups excluding tert-OH is 1. The number of esters is 4. The smallest absolute Gasteiger partial charge is 0.462 e. The fourth-order valence-electron chi connectivity index (χ4n) is 11.0. The van der Waals surface area contributed by atoms with E-state index in [9.17, 15) is 43.2 Å². The Morgan fingerprint density at radius 1 is 0.330 bits per heavy atom. The van der Waals surface area contributed by atoms with Crippen LogP contribution in [0.15, 0.2) is 24.3 Å². The number of allylic oxidation sites excluding steroid dienone is 4. The van der Waals surface area contributed by atoms with Crippen LogP contribution in [-0.4, -0.2) is 96.7 Å². The van der Waals surface area contributed by atoms with Gasteiger partial charge in [-0.3, -0.25) is 37.3 Å². The van der Waals surface area contributed by atoms with Gasteiger partial charge in [-0.25, -0.2) is 9.13 Å². The largest absolute Gasteiger partial charge is 0.472 e. The Morgan fingerprint density at radius 3 is 0.872 bits per heavy atom. The first kappa shape index (κ1) is 91.5. The number of hydrogen-bond donors (Lipinski definition) is 3. The van der Waals surface area contributed by atoms with Crippen molar-refractivity contribution < 1.29 is 80.2 Å². The van der Waals surface area contributed by atoms with E-state index >= 15 is 0 Å². The molecule has 0 aliphatic carbocycles. The molecule has 0 aromatic carbocycles. The van der Waals surface area contributed by atoms with Gasteiger partial charge in [0.05, 0.1) is 26.4 Å². The molecule has 0 aliphatic rings. The van der Waals surface area contributed by atoms with Crippen LogP contribution in [0.2, 0.25) is 0 Å². The number of hydrogen-bond acceptors (Lipinski definition) is 15.